The minimum absolute atomic E-state index is 0.363. The maximum Gasteiger partial charge on any atom is 0.471 e. The number of benzene rings is 2. The van der Waals surface area contributed by atoms with E-state index >= 15 is 0 Å². The molecular formula is C18H14ClF3INO. The topological polar surface area (TPSA) is 20.3 Å². The first kappa shape index (κ1) is 18.5. The van der Waals surface area contributed by atoms with Gasteiger partial charge in [0.1, 0.15) is 0 Å². The second-order valence-corrected chi connectivity index (χ2v) is 7.75. The number of carbonyl (C=O) groups is 1. The smallest absolute Gasteiger partial charge is 0.318 e. The van der Waals surface area contributed by atoms with Crippen molar-refractivity contribution in [1.82, 2.24) is 4.90 Å². The highest BCUT2D eigenvalue weighted by atomic mass is 127. The van der Waals surface area contributed by atoms with Gasteiger partial charge in [-0.2, -0.15) is 13.2 Å². The summed E-state index contributed by atoms with van der Waals surface area (Å²) in [4.78, 5) is 13.2. The molecule has 25 heavy (non-hydrogen) atoms. The summed E-state index contributed by atoms with van der Waals surface area (Å²) in [5.41, 5.74) is 1.24. The quantitative estimate of drug-likeness (QED) is 0.424. The molecule has 0 bridgehead atoms. The standard InChI is InChI=1S/C18H14ClF3INO/c19-13-14(23)16(12-9-5-2-6-10-12)24(17(25)18(20,21)22)15(13)11-7-3-1-4-8-11/h1-10,13-16H. The van der Waals surface area contributed by atoms with Gasteiger partial charge in [-0.25, -0.2) is 0 Å². The average molecular weight is 480 g/mol. The van der Waals surface area contributed by atoms with E-state index in [0.29, 0.717) is 11.1 Å². The van der Waals surface area contributed by atoms with Crippen LogP contribution in [-0.4, -0.2) is 26.3 Å². The molecule has 0 radical (unpaired) electrons. The number of rotatable bonds is 2. The number of hydrogen-bond acceptors (Lipinski definition) is 1. The molecule has 0 aromatic heterocycles. The second kappa shape index (κ2) is 7.15. The predicted octanol–water partition coefficient (Wildman–Crippen LogP) is 5.28. The Labute approximate surface area is 162 Å². The lowest BCUT2D eigenvalue weighted by atomic mass is 10.0. The van der Waals surface area contributed by atoms with E-state index in [1.165, 1.54) is 0 Å². The van der Waals surface area contributed by atoms with Gasteiger partial charge in [0.2, 0.25) is 0 Å². The molecule has 1 amide bonds. The van der Waals surface area contributed by atoms with E-state index in [1.54, 1.807) is 60.7 Å². The Hall–Kier alpha value is -1.28. The highest BCUT2D eigenvalue weighted by molar-refractivity contribution is 14.1. The van der Waals surface area contributed by atoms with Crippen LogP contribution in [0.2, 0.25) is 0 Å². The third kappa shape index (κ3) is 3.51. The SMILES string of the molecule is O=C(N1C(c2ccccc2)C(Cl)C(I)C1c1ccccc1)C(F)(F)F. The Kier molecular flexibility index (Phi) is 5.29. The normalized spacial score (nSPS) is 26.7. The highest BCUT2D eigenvalue weighted by Gasteiger charge is 2.56. The average Bonchev–Trinajstić information content (AvgIpc) is 2.86. The van der Waals surface area contributed by atoms with E-state index in [-0.39, 0.29) is 3.92 Å². The molecule has 7 heteroatoms. The minimum atomic E-state index is -4.96. The molecule has 0 spiro atoms. The Morgan fingerprint density at radius 1 is 0.920 bits per heavy atom. The zero-order chi connectivity index (χ0) is 18.2. The van der Waals surface area contributed by atoms with Crippen molar-refractivity contribution in [3.8, 4) is 0 Å². The van der Waals surface area contributed by atoms with E-state index < -0.39 is 29.5 Å². The molecule has 132 valence electrons. The summed E-state index contributed by atoms with van der Waals surface area (Å²) in [6.45, 7) is 0. The van der Waals surface area contributed by atoms with Crippen LogP contribution in [0.4, 0.5) is 13.2 Å². The van der Waals surface area contributed by atoms with Gasteiger partial charge in [0, 0.05) is 0 Å². The molecule has 2 nitrogen and oxygen atoms in total. The second-order valence-electron chi connectivity index (χ2n) is 5.81. The lowest BCUT2D eigenvalue weighted by Gasteiger charge is -2.32. The largest absolute Gasteiger partial charge is 0.471 e. The molecule has 0 aliphatic carbocycles. The summed E-state index contributed by atoms with van der Waals surface area (Å²) in [6, 6.07) is 15.8. The van der Waals surface area contributed by atoms with Crippen LogP contribution < -0.4 is 0 Å². The molecule has 1 fully saturated rings. The van der Waals surface area contributed by atoms with Gasteiger partial charge in [0.15, 0.2) is 0 Å². The van der Waals surface area contributed by atoms with Crippen LogP contribution in [0.15, 0.2) is 60.7 Å². The van der Waals surface area contributed by atoms with Gasteiger partial charge < -0.3 is 4.90 Å². The maximum atomic E-state index is 13.3. The first-order valence-corrected chi connectivity index (χ1v) is 9.28. The lowest BCUT2D eigenvalue weighted by molar-refractivity contribution is -0.188. The van der Waals surface area contributed by atoms with E-state index in [0.717, 1.165) is 4.90 Å². The van der Waals surface area contributed by atoms with E-state index in [2.05, 4.69) is 0 Å². The summed E-state index contributed by atoms with van der Waals surface area (Å²) in [7, 11) is 0. The van der Waals surface area contributed by atoms with Gasteiger partial charge in [-0.3, -0.25) is 4.79 Å². The molecule has 1 aliphatic rings. The molecule has 1 heterocycles. The van der Waals surface area contributed by atoms with Crippen LogP contribution in [-0.2, 0) is 4.79 Å². The van der Waals surface area contributed by atoms with Crippen LogP contribution >= 0.6 is 34.2 Å². The summed E-state index contributed by atoms with van der Waals surface area (Å²) in [6.07, 6.45) is -4.96. The van der Waals surface area contributed by atoms with Crippen molar-refractivity contribution in [1.29, 1.82) is 0 Å². The van der Waals surface area contributed by atoms with Gasteiger partial charge in [0.25, 0.3) is 0 Å². The number of hydrogen-bond donors (Lipinski definition) is 0. The van der Waals surface area contributed by atoms with Crippen molar-refractivity contribution in [3.05, 3.63) is 71.8 Å². The summed E-state index contributed by atoms with van der Waals surface area (Å²) < 4.78 is 39.5. The van der Waals surface area contributed by atoms with Gasteiger partial charge in [-0.05, 0) is 11.1 Å². The first-order valence-electron chi connectivity index (χ1n) is 7.60. The van der Waals surface area contributed by atoms with Crippen molar-refractivity contribution < 1.29 is 18.0 Å². The molecular weight excluding hydrogens is 466 g/mol. The van der Waals surface area contributed by atoms with Crippen LogP contribution in [0, 0.1) is 0 Å². The van der Waals surface area contributed by atoms with Gasteiger partial charge >= 0.3 is 12.1 Å². The van der Waals surface area contributed by atoms with Crippen LogP contribution in [0.5, 0.6) is 0 Å². The fourth-order valence-corrected chi connectivity index (χ4v) is 4.78. The Morgan fingerprint density at radius 2 is 1.36 bits per heavy atom. The predicted molar refractivity (Wildman–Crippen MR) is 98.7 cm³/mol. The van der Waals surface area contributed by atoms with E-state index in [4.69, 9.17) is 11.6 Å². The van der Waals surface area contributed by atoms with Gasteiger partial charge in [-0.15, -0.1) is 11.6 Å². The molecule has 1 aliphatic heterocycles. The number of carbonyl (C=O) groups excluding carboxylic acids is 1. The molecule has 2 aromatic carbocycles. The summed E-state index contributed by atoms with van der Waals surface area (Å²) in [5, 5.41) is -0.639. The molecule has 1 saturated heterocycles. The maximum absolute atomic E-state index is 13.3. The van der Waals surface area contributed by atoms with Crippen LogP contribution in [0.1, 0.15) is 23.2 Å². The molecule has 2 aromatic rings. The van der Waals surface area contributed by atoms with Gasteiger partial charge in [-0.1, -0.05) is 83.3 Å². The zero-order valence-electron chi connectivity index (χ0n) is 12.8. The van der Waals surface area contributed by atoms with Crippen molar-refractivity contribution >= 4 is 40.1 Å². The molecule has 0 N–H and O–H groups in total. The lowest BCUT2D eigenvalue weighted by Crippen LogP contribution is -2.43. The zero-order valence-corrected chi connectivity index (χ0v) is 15.7. The Balaban J connectivity index is 2.13. The third-order valence-corrected chi connectivity index (χ3v) is 6.66. The number of nitrogens with zero attached hydrogens (tertiary/aromatic N) is 1. The van der Waals surface area contributed by atoms with Crippen molar-refractivity contribution in [2.45, 2.75) is 27.6 Å². The minimum Gasteiger partial charge on any atom is -0.318 e. The van der Waals surface area contributed by atoms with Crippen molar-refractivity contribution in [2.75, 3.05) is 0 Å². The first-order chi connectivity index (χ1) is 11.8. The number of halogens is 5. The number of alkyl halides is 5. The number of likely N-dealkylation sites (tertiary alicyclic amines) is 1. The van der Waals surface area contributed by atoms with Gasteiger partial charge in [0.05, 0.1) is 21.4 Å². The summed E-state index contributed by atoms with van der Waals surface area (Å²) >= 11 is 8.58. The summed E-state index contributed by atoms with van der Waals surface area (Å²) in [5.74, 6) is -1.86. The molecule has 0 saturated carbocycles. The van der Waals surface area contributed by atoms with Crippen LogP contribution in [0.3, 0.4) is 0 Å². The van der Waals surface area contributed by atoms with E-state index in [1.807, 2.05) is 22.6 Å². The fraction of sp³-hybridized carbons (Fsp3) is 0.278. The highest BCUT2D eigenvalue weighted by Crippen LogP contribution is 2.51. The molecule has 4 atom stereocenters. The Morgan fingerprint density at radius 3 is 1.80 bits per heavy atom. The monoisotopic (exact) mass is 479 g/mol. The number of amides is 1. The Bertz CT molecular complexity index is 689. The molecule has 4 unspecified atom stereocenters. The van der Waals surface area contributed by atoms with E-state index in [9.17, 15) is 18.0 Å². The van der Waals surface area contributed by atoms with Crippen molar-refractivity contribution in [2.24, 2.45) is 0 Å². The fourth-order valence-electron chi connectivity index (χ4n) is 3.22. The van der Waals surface area contributed by atoms with Crippen LogP contribution in [0.25, 0.3) is 0 Å². The van der Waals surface area contributed by atoms with Crippen molar-refractivity contribution in [3.63, 3.8) is 0 Å². The molecule has 3 rings (SSSR count). The third-order valence-electron chi connectivity index (χ3n) is 4.27.